The molecule has 0 saturated heterocycles. The maximum atomic E-state index is 14.8. The number of benzene rings is 1. The standard InChI is InChI=1S/C23H21F2N5O2S2/c1-23(2,32)12-8-15(24)19(16(25)9-12)17-10-14(20(26)31)21(34-17)30-18-5-3-4-13(29-18)11-28-22-27-6-7-33-22/h3-10,32H,11H2,1-2H3,(H2,26,31)(H,27,28)(H,29,30). The van der Waals surface area contributed by atoms with Crippen molar-refractivity contribution >= 4 is 44.5 Å². The average Bonchev–Trinajstić information content (AvgIpc) is 3.42. The molecule has 0 aliphatic rings. The Labute approximate surface area is 202 Å². The van der Waals surface area contributed by atoms with E-state index in [1.165, 1.54) is 31.3 Å². The number of anilines is 3. The van der Waals surface area contributed by atoms with Crippen molar-refractivity contribution in [2.24, 2.45) is 5.73 Å². The molecule has 0 radical (unpaired) electrons. The summed E-state index contributed by atoms with van der Waals surface area (Å²) in [6.45, 7) is 3.31. The molecule has 0 saturated carbocycles. The summed E-state index contributed by atoms with van der Waals surface area (Å²) in [6.07, 6.45) is 1.70. The van der Waals surface area contributed by atoms with Gasteiger partial charge in [-0.3, -0.25) is 4.79 Å². The molecule has 0 aliphatic carbocycles. The van der Waals surface area contributed by atoms with Gasteiger partial charge in [-0.1, -0.05) is 6.07 Å². The second-order valence-electron chi connectivity index (χ2n) is 7.92. The number of carbonyl (C=O) groups is 1. The van der Waals surface area contributed by atoms with Crippen LogP contribution < -0.4 is 16.4 Å². The Morgan fingerprint density at radius 3 is 2.56 bits per heavy atom. The Balaban J connectivity index is 1.63. The molecule has 0 aliphatic heterocycles. The molecule has 176 valence electrons. The fourth-order valence-corrected chi connectivity index (χ4v) is 4.84. The number of pyridine rings is 1. The third kappa shape index (κ3) is 5.22. The lowest BCUT2D eigenvalue weighted by Gasteiger charge is -2.18. The van der Waals surface area contributed by atoms with Crippen molar-refractivity contribution in [1.29, 1.82) is 0 Å². The van der Waals surface area contributed by atoms with Gasteiger partial charge in [0.25, 0.3) is 5.91 Å². The third-order valence-corrected chi connectivity index (χ3v) is 6.69. The number of carbonyl (C=O) groups excluding carboxylic acids is 1. The van der Waals surface area contributed by atoms with Crippen molar-refractivity contribution in [2.75, 3.05) is 10.6 Å². The maximum Gasteiger partial charge on any atom is 0.251 e. The van der Waals surface area contributed by atoms with Crippen LogP contribution in [0.5, 0.6) is 0 Å². The fourth-order valence-electron chi connectivity index (χ4n) is 3.19. The van der Waals surface area contributed by atoms with Gasteiger partial charge >= 0.3 is 0 Å². The average molecular weight is 502 g/mol. The van der Waals surface area contributed by atoms with Crippen LogP contribution in [0.1, 0.15) is 35.5 Å². The SMILES string of the molecule is CC(C)(O)c1cc(F)c(-c2cc(C(N)=O)c(Nc3cccc(CNc4nccs4)n3)s2)c(F)c1. The molecule has 0 spiro atoms. The van der Waals surface area contributed by atoms with Crippen LogP contribution in [-0.2, 0) is 12.1 Å². The largest absolute Gasteiger partial charge is 0.386 e. The molecule has 1 aromatic carbocycles. The first-order valence-electron chi connectivity index (χ1n) is 10.1. The van der Waals surface area contributed by atoms with E-state index in [0.717, 1.165) is 34.3 Å². The number of primary amides is 1. The van der Waals surface area contributed by atoms with E-state index in [1.807, 2.05) is 11.4 Å². The highest BCUT2D eigenvalue weighted by molar-refractivity contribution is 7.20. The van der Waals surface area contributed by atoms with Crippen molar-refractivity contribution < 1.29 is 18.7 Å². The Hall–Kier alpha value is -3.41. The summed E-state index contributed by atoms with van der Waals surface area (Å²) in [7, 11) is 0. The molecule has 1 amide bonds. The minimum atomic E-state index is -1.41. The fraction of sp³-hybridized carbons (Fsp3) is 0.174. The molecule has 3 heterocycles. The van der Waals surface area contributed by atoms with E-state index in [1.54, 1.807) is 18.3 Å². The lowest BCUT2D eigenvalue weighted by molar-refractivity contribution is 0.0778. The van der Waals surface area contributed by atoms with Gasteiger partial charge in [0.05, 0.1) is 29.0 Å². The molecule has 11 heteroatoms. The molecule has 0 bridgehead atoms. The topological polar surface area (TPSA) is 113 Å². The first-order valence-corrected chi connectivity index (χ1v) is 11.8. The molecule has 7 nitrogen and oxygen atoms in total. The smallest absolute Gasteiger partial charge is 0.251 e. The van der Waals surface area contributed by atoms with Crippen LogP contribution in [0.3, 0.4) is 0 Å². The van der Waals surface area contributed by atoms with Gasteiger partial charge < -0.3 is 21.5 Å². The predicted octanol–water partition coefficient (Wildman–Crippen LogP) is 5.23. The highest BCUT2D eigenvalue weighted by Gasteiger charge is 2.24. The lowest BCUT2D eigenvalue weighted by Crippen LogP contribution is -2.16. The monoisotopic (exact) mass is 501 g/mol. The zero-order chi connectivity index (χ0) is 24.5. The number of aromatic nitrogens is 2. The second-order valence-corrected chi connectivity index (χ2v) is 9.87. The molecule has 4 rings (SSSR count). The zero-order valence-corrected chi connectivity index (χ0v) is 19.9. The number of halogens is 2. The first-order chi connectivity index (χ1) is 16.1. The number of nitrogens with one attached hydrogen (secondary N) is 2. The van der Waals surface area contributed by atoms with Gasteiger partial charge in [0.15, 0.2) is 5.13 Å². The number of amides is 1. The summed E-state index contributed by atoms with van der Waals surface area (Å²) >= 11 is 2.44. The van der Waals surface area contributed by atoms with Gasteiger partial charge in [0.2, 0.25) is 0 Å². The van der Waals surface area contributed by atoms with Crippen molar-refractivity contribution in [2.45, 2.75) is 26.0 Å². The van der Waals surface area contributed by atoms with E-state index in [4.69, 9.17) is 5.73 Å². The summed E-state index contributed by atoms with van der Waals surface area (Å²) in [5.41, 5.74) is 4.71. The number of thiazole rings is 1. The molecule has 3 aromatic heterocycles. The van der Waals surface area contributed by atoms with Gasteiger partial charge in [0.1, 0.15) is 22.5 Å². The number of rotatable bonds is 8. The molecule has 34 heavy (non-hydrogen) atoms. The van der Waals surface area contributed by atoms with Crippen molar-refractivity contribution in [3.05, 3.63) is 76.4 Å². The van der Waals surface area contributed by atoms with Crippen molar-refractivity contribution in [1.82, 2.24) is 9.97 Å². The van der Waals surface area contributed by atoms with Crippen LogP contribution >= 0.6 is 22.7 Å². The Kier molecular flexibility index (Phi) is 6.60. The van der Waals surface area contributed by atoms with Gasteiger partial charge in [-0.25, -0.2) is 18.7 Å². The zero-order valence-electron chi connectivity index (χ0n) is 18.2. The van der Waals surface area contributed by atoms with Crippen molar-refractivity contribution in [3.8, 4) is 10.4 Å². The van der Waals surface area contributed by atoms with E-state index < -0.39 is 23.1 Å². The molecular weight excluding hydrogens is 480 g/mol. The van der Waals surface area contributed by atoms with Crippen LogP contribution in [0, 0.1) is 11.6 Å². The number of hydrogen-bond donors (Lipinski definition) is 4. The van der Waals surface area contributed by atoms with Gasteiger partial charge in [-0.15, -0.1) is 22.7 Å². The second kappa shape index (κ2) is 9.45. The predicted molar refractivity (Wildman–Crippen MR) is 130 cm³/mol. The lowest BCUT2D eigenvalue weighted by atomic mass is 9.96. The summed E-state index contributed by atoms with van der Waals surface area (Å²) in [4.78, 5) is 20.9. The third-order valence-electron chi connectivity index (χ3n) is 4.89. The van der Waals surface area contributed by atoms with E-state index in [-0.39, 0.29) is 21.6 Å². The van der Waals surface area contributed by atoms with Gasteiger partial charge in [-0.2, -0.15) is 0 Å². The summed E-state index contributed by atoms with van der Waals surface area (Å²) in [5.74, 6) is -2.02. The van der Waals surface area contributed by atoms with Crippen LogP contribution in [0.15, 0.2) is 48.0 Å². The first kappa shape index (κ1) is 23.7. The van der Waals surface area contributed by atoms with E-state index in [2.05, 4.69) is 20.6 Å². The molecule has 0 atom stereocenters. The summed E-state index contributed by atoms with van der Waals surface area (Å²) in [5, 5.41) is 19.2. The maximum absolute atomic E-state index is 14.8. The minimum absolute atomic E-state index is 0.0819. The van der Waals surface area contributed by atoms with E-state index >= 15 is 0 Å². The molecule has 5 N–H and O–H groups in total. The van der Waals surface area contributed by atoms with Crippen LogP contribution in [-0.4, -0.2) is 21.0 Å². The quantitative estimate of drug-likeness (QED) is 0.263. The summed E-state index contributed by atoms with van der Waals surface area (Å²) in [6, 6.07) is 8.83. The van der Waals surface area contributed by atoms with Crippen molar-refractivity contribution in [3.63, 3.8) is 0 Å². The molecule has 0 unspecified atom stereocenters. The van der Waals surface area contributed by atoms with Gasteiger partial charge in [0, 0.05) is 16.5 Å². The minimum Gasteiger partial charge on any atom is -0.386 e. The van der Waals surface area contributed by atoms with E-state index in [0.29, 0.717) is 17.4 Å². The van der Waals surface area contributed by atoms with Crippen LogP contribution in [0.2, 0.25) is 0 Å². The van der Waals surface area contributed by atoms with Crippen LogP contribution in [0.25, 0.3) is 10.4 Å². The van der Waals surface area contributed by atoms with Gasteiger partial charge in [-0.05, 0) is 49.7 Å². The Bertz CT molecular complexity index is 1310. The normalized spacial score (nSPS) is 11.4. The molecule has 0 fully saturated rings. The highest BCUT2D eigenvalue weighted by Crippen LogP contribution is 2.40. The summed E-state index contributed by atoms with van der Waals surface area (Å²) < 4.78 is 29.7. The number of hydrogen-bond acceptors (Lipinski definition) is 8. The Morgan fingerprint density at radius 1 is 1.21 bits per heavy atom. The number of nitrogens with zero attached hydrogens (tertiary/aromatic N) is 2. The number of nitrogens with two attached hydrogens (primary N) is 1. The number of aliphatic hydroxyl groups is 1. The number of thiophene rings is 1. The molecule has 4 aromatic rings. The van der Waals surface area contributed by atoms with E-state index in [9.17, 15) is 18.7 Å². The van der Waals surface area contributed by atoms with Crippen LogP contribution in [0.4, 0.5) is 24.7 Å². The molecular formula is C23H21F2N5O2S2. The Morgan fingerprint density at radius 2 is 1.94 bits per heavy atom. The highest BCUT2D eigenvalue weighted by atomic mass is 32.1.